The molecule has 3 aromatic carbocycles. The number of sulfonamides is 1. The summed E-state index contributed by atoms with van der Waals surface area (Å²) in [6, 6.07) is 13.3. The van der Waals surface area contributed by atoms with Crippen molar-refractivity contribution in [1.29, 1.82) is 0 Å². The van der Waals surface area contributed by atoms with Crippen molar-refractivity contribution in [3.63, 3.8) is 0 Å². The van der Waals surface area contributed by atoms with Crippen LogP contribution in [-0.4, -0.2) is 24.4 Å². The zero-order chi connectivity index (χ0) is 22.8. The van der Waals surface area contributed by atoms with E-state index in [2.05, 4.69) is 10.0 Å². The number of halogens is 1. The number of nitrogens with zero attached hydrogens (tertiary/aromatic N) is 1. The molecule has 3 N–H and O–H groups in total. The molecule has 0 bridgehead atoms. The Bertz CT molecular complexity index is 1290. The first kappa shape index (κ1) is 22.1. The quantitative estimate of drug-likeness (QED) is 0.284. The summed E-state index contributed by atoms with van der Waals surface area (Å²) in [6.45, 7) is 1.53. The van der Waals surface area contributed by atoms with Gasteiger partial charge in [-0.25, -0.2) is 8.42 Å². The van der Waals surface area contributed by atoms with Gasteiger partial charge in [-0.15, -0.1) is 0 Å². The molecule has 0 unspecified atom stereocenters. The van der Waals surface area contributed by atoms with Crippen LogP contribution in [0.3, 0.4) is 0 Å². The number of hydrogen-bond acceptors (Lipinski definition) is 6. The molecule has 31 heavy (non-hydrogen) atoms. The number of nitro benzene ring substituents is 1. The second kappa shape index (κ2) is 8.62. The lowest BCUT2D eigenvalue weighted by Gasteiger charge is -2.12. The van der Waals surface area contributed by atoms with Gasteiger partial charge in [-0.3, -0.25) is 19.6 Å². The maximum Gasteiger partial charge on any atom is 0.273 e. The minimum Gasteiger partial charge on any atom is -0.506 e. The highest BCUT2D eigenvalue weighted by Gasteiger charge is 2.19. The minimum absolute atomic E-state index is 0.0259. The van der Waals surface area contributed by atoms with Crippen LogP contribution in [0.5, 0.6) is 5.75 Å². The van der Waals surface area contributed by atoms with Gasteiger partial charge in [0.15, 0.2) is 0 Å². The molecular formula is C20H16ClN3O6S. The van der Waals surface area contributed by atoms with E-state index >= 15 is 0 Å². The van der Waals surface area contributed by atoms with E-state index in [-0.39, 0.29) is 33.3 Å². The molecule has 3 aromatic rings. The molecule has 0 fully saturated rings. The molecule has 1 amide bonds. The lowest BCUT2D eigenvalue weighted by Crippen LogP contribution is -2.15. The monoisotopic (exact) mass is 461 g/mol. The molecule has 0 aliphatic carbocycles. The highest BCUT2D eigenvalue weighted by Crippen LogP contribution is 2.29. The lowest BCUT2D eigenvalue weighted by molar-refractivity contribution is -0.385. The largest absolute Gasteiger partial charge is 0.506 e. The van der Waals surface area contributed by atoms with Gasteiger partial charge >= 0.3 is 0 Å². The molecule has 9 nitrogen and oxygen atoms in total. The van der Waals surface area contributed by atoms with E-state index in [1.165, 1.54) is 31.2 Å². The topological polar surface area (TPSA) is 139 Å². The first-order valence-corrected chi connectivity index (χ1v) is 10.6. The van der Waals surface area contributed by atoms with E-state index in [9.17, 15) is 28.4 Å². The molecule has 160 valence electrons. The Morgan fingerprint density at radius 3 is 2.52 bits per heavy atom. The highest BCUT2D eigenvalue weighted by atomic mass is 35.5. The average molecular weight is 462 g/mol. The minimum atomic E-state index is -4.05. The summed E-state index contributed by atoms with van der Waals surface area (Å²) in [5.74, 6) is -1.13. The van der Waals surface area contributed by atoms with Gasteiger partial charge < -0.3 is 10.4 Å². The summed E-state index contributed by atoms with van der Waals surface area (Å²) >= 11 is 5.86. The lowest BCUT2D eigenvalue weighted by atomic mass is 10.1. The number of amides is 1. The van der Waals surface area contributed by atoms with Gasteiger partial charge in [0.2, 0.25) is 0 Å². The van der Waals surface area contributed by atoms with Crippen molar-refractivity contribution in [2.45, 2.75) is 11.8 Å². The molecule has 0 radical (unpaired) electrons. The molecule has 0 atom stereocenters. The summed E-state index contributed by atoms with van der Waals surface area (Å²) in [7, 11) is -4.05. The third-order valence-corrected chi connectivity index (χ3v) is 5.89. The van der Waals surface area contributed by atoms with Gasteiger partial charge in [-0.1, -0.05) is 23.7 Å². The first-order valence-electron chi connectivity index (χ1n) is 8.74. The van der Waals surface area contributed by atoms with Gasteiger partial charge in [-0.05, 0) is 49.4 Å². The van der Waals surface area contributed by atoms with Crippen LogP contribution in [0.25, 0.3) is 0 Å². The van der Waals surface area contributed by atoms with E-state index in [0.717, 1.165) is 24.3 Å². The molecule has 11 heteroatoms. The van der Waals surface area contributed by atoms with Crippen molar-refractivity contribution in [3.8, 4) is 5.75 Å². The number of aryl methyl sites for hydroxylation is 1. The van der Waals surface area contributed by atoms with Gasteiger partial charge in [0.1, 0.15) is 5.75 Å². The van der Waals surface area contributed by atoms with Gasteiger partial charge in [0.05, 0.1) is 21.2 Å². The predicted molar refractivity (Wildman–Crippen MR) is 116 cm³/mol. The maximum absolute atomic E-state index is 12.7. The van der Waals surface area contributed by atoms with E-state index < -0.39 is 20.9 Å². The van der Waals surface area contributed by atoms with Crippen LogP contribution >= 0.6 is 11.6 Å². The summed E-state index contributed by atoms with van der Waals surface area (Å²) in [5.41, 5.74) is 0.172. The number of nitrogens with one attached hydrogen (secondary N) is 2. The predicted octanol–water partition coefficient (Wildman–Crippen LogP) is 4.32. The van der Waals surface area contributed by atoms with Crippen molar-refractivity contribution in [2.75, 3.05) is 10.0 Å². The van der Waals surface area contributed by atoms with Crippen LogP contribution in [0.2, 0.25) is 5.02 Å². The van der Waals surface area contributed by atoms with Crippen LogP contribution in [-0.2, 0) is 10.0 Å². The molecule has 0 saturated heterocycles. The number of carbonyl (C=O) groups is 1. The van der Waals surface area contributed by atoms with Crippen molar-refractivity contribution in [3.05, 3.63) is 86.9 Å². The Balaban J connectivity index is 1.88. The first-order chi connectivity index (χ1) is 14.6. The second-order valence-electron chi connectivity index (χ2n) is 6.51. The summed E-state index contributed by atoms with van der Waals surface area (Å²) in [6.07, 6.45) is 0. The van der Waals surface area contributed by atoms with Crippen molar-refractivity contribution < 1.29 is 23.2 Å². The SMILES string of the molecule is Cc1ccc(C(=O)Nc2cc(S(=O)(=O)Nc3cccc(Cl)c3)ccc2O)cc1[N+](=O)[O-]. The van der Waals surface area contributed by atoms with Crippen molar-refractivity contribution in [2.24, 2.45) is 0 Å². The van der Waals surface area contributed by atoms with E-state index in [1.807, 2.05) is 0 Å². The fraction of sp³-hybridized carbons (Fsp3) is 0.0500. The van der Waals surface area contributed by atoms with E-state index in [4.69, 9.17) is 11.6 Å². The molecular weight excluding hydrogens is 446 g/mol. The normalized spacial score (nSPS) is 11.0. The Kier molecular flexibility index (Phi) is 6.14. The van der Waals surface area contributed by atoms with Gasteiger partial charge in [-0.2, -0.15) is 0 Å². The van der Waals surface area contributed by atoms with Crippen molar-refractivity contribution >= 4 is 44.6 Å². The van der Waals surface area contributed by atoms with Crippen LogP contribution in [0.4, 0.5) is 17.1 Å². The molecule has 0 heterocycles. The Hall–Kier alpha value is -3.63. The van der Waals surface area contributed by atoms with E-state index in [0.29, 0.717) is 10.6 Å². The van der Waals surface area contributed by atoms with Crippen LogP contribution in [0, 0.1) is 17.0 Å². The highest BCUT2D eigenvalue weighted by molar-refractivity contribution is 7.92. The van der Waals surface area contributed by atoms with Crippen LogP contribution < -0.4 is 10.0 Å². The average Bonchev–Trinajstić information content (AvgIpc) is 2.69. The Morgan fingerprint density at radius 1 is 1.10 bits per heavy atom. The molecule has 0 saturated carbocycles. The number of phenols is 1. The number of nitro groups is 1. The van der Waals surface area contributed by atoms with E-state index in [1.54, 1.807) is 12.1 Å². The zero-order valence-electron chi connectivity index (χ0n) is 16.0. The third-order valence-electron chi connectivity index (χ3n) is 4.27. The zero-order valence-corrected chi connectivity index (χ0v) is 17.6. The van der Waals surface area contributed by atoms with Crippen molar-refractivity contribution in [1.82, 2.24) is 0 Å². The molecule has 0 aliphatic rings. The van der Waals surface area contributed by atoms with Crippen LogP contribution in [0.1, 0.15) is 15.9 Å². The van der Waals surface area contributed by atoms with Crippen LogP contribution in [0.15, 0.2) is 65.6 Å². The standard InChI is InChI=1S/C20H16ClN3O6S/c1-12-5-6-13(9-18(12)24(27)28)20(26)22-17-11-16(7-8-19(17)25)31(29,30)23-15-4-2-3-14(21)10-15/h2-11,23,25H,1H3,(H,22,26). The number of aromatic hydroxyl groups is 1. The number of hydrogen-bond donors (Lipinski definition) is 3. The van der Waals surface area contributed by atoms with Gasteiger partial charge in [0.25, 0.3) is 21.6 Å². The summed E-state index contributed by atoms with van der Waals surface area (Å²) in [5, 5.41) is 23.9. The number of benzene rings is 3. The summed E-state index contributed by atoms with van der Waals surface area (Å²) in [4.78, 5) is 22.8. The molecule has 3 rings (SSSR count). The third kappa shape index (κ3) is 5.11. The molecule has 0 spiro atoms. The van der Waals surface area contributed by atoms with Gasteiger partial charge in [0, 0.05) is 22.2 Å². The Morgan fingerprint density at radius 2 is 1.84 bits per heavy atom. The molecule has 0 aromatic heterocycles. The summed E-state index contributed by atoms with van der Waals surface area (Å²) < 4.78 is 27.7. The second-order valence-corrected chi connectivity index (χ2v) is 8.63. The number of phenolic OH excluding ortho intramolecular Hbond substituents is 1. The number of carbonyl (C=O) groups excluding carboxylic acids is 1. The maximum atomic E-state index is 12.7. The number of rotatable bonds is 6. The number of anilines is 2. The Labute approximate surface area is 182 Å². The molecule has 0 aliphatic heterocycles. The fourth-order valence-corrected chi connectivity index (χ4v) is 3.96. The smallest absolute Gasteiger partial charge is 0.273 e. The fourth-order valence-electron chi connectivity index (χ4n) is 2.69.